The number of pyridine rings is 1. The fraction of sp³-hybridized carbons (Fsp3) is 0.333. The maximum atomic E-state index is 12.6. The van der Waals surface area contributed by atoms with Gasteiger partial charge in [-0.05, 0) is 30.9 Å². The molecule has 0 radical (unpaired) electrons. The van der Waals surface area contributed by atoms with Crippen LogP contribution >= 0.6 is 0 Å². The Morgan fingerprint density at radius 2 is 2.15 bits per heavy atom. The molecule has 1 atom stereocenters. The zero-order chi connectivity index (χ0) is 17.8. The second-order valence-electron chi connectivity index (χ2n) is 6.31. The van der Waals surface area contributed by atoms with Gasteiger partial charge in [0, 0.05) is 44.3 Å². The number of aromatic nitrogens is 5. The first kappa shape index (κ1) is 16.3. The Morgan fingerprint density at radius 3 is 2.96 bits per heavy atom. The topological polar surface area (TPSA) is 97.9 Å². The summed E-state index contributed by atoms with van der Waals surface area (Å²) in [5, 5.41) is 3.98. The van der Waals surface area contributed by atoms with Crippen molar-refractivity contribution in [1.29, 1.82) is 0 Å². The Morgan fingerprint density at radius 1 is 1.23 bits per heavy atom. The van der Waals surface area contributed by atoms with Crippen molar-refractivity contribution in [3.63, 3.8) is 0 Å². The molecule has 4 heterocycles. The van der Waals surface area contributed by atoms with Crippen LogP contribution in [0, 0.1) is 5.92 Å². The van der Waals surface area contributed by atoms with Crippen molar-refractivity contribution < 1.29 is 9.32 Å². The van der Waals surface area contributed by atoms with E-state index in [1.165, 1.54) is 0 Å². The molecule has 1 aliphatic heterocycles. The van der Waals surface area contributed by atoms with E-state index in [0.717, 1.165) is 19.4 Å². The highest BCUT2D eigenvalue weighted by molar-refractivity contribution is 5.93. The normalized spacial score (nSPS) is 17.2. The lowest BCUT2D eigenvalue weighted by Crippen LogP contribution is -2.40. The Kier molecular flexibility index (Phi) is 4.63. The molecule has 1 fully saturated rings. The molecule has 8 heteroatoms. The molecule has 3 aromatic heterocycles. The lowest BCUT2D eigenvalue weighted by atomic mass is 9.94. The SMILES string of the molecule is O=C(c1cccnc1)N1CCCC(Cc2nc(-c3cnccn3)no2)C1. The van der Waals surface area contributed by atoms with Gasteiger partial charge in [-0.2, -0.15) is 4.98 Å². The Labute approximate surface area is 150 Å². The van der Waals surface area contributed by atoms with Gasteiger partial charge in [-0.3, -0.25) is 14.8 Å². The molecule has 0 N–H and O–H groups in total. The Hall–Kier alpha value is -3.16. The predicted molar refractivity (Wildman–Crippen MR) is 91.9 cm³/mol. The zero-order valence-electron chi connectivity index (χ0n) is 14.2. The van der Waals surface area contributed by atoms with Crippen LogP contribution in [-0.2, 0) is 6.42 Å². The van der Waals surface area contributed by atoms with Crippen molar-refractivity contribution in [2.45, 2.75) is 19.3 Å². The Bertz CT molecular complexity index is 868. The molecule has 132 valence electrons. The molecule has 0 aliphatic carbocycles. The van der Waals surface area contributed by atoms with Crippen molar-refractivity contribution >= 4 is 5.91 Å². The predicted octanol–water partition coefficient (Wildman–Crippen LogP) is 2.02. The summed E-state index contributed by atoms with van der Waals surface area (Å²) in [5.74, 6) is 1.31. The molecule has 1 saturated heterocycles. The second-order valence-corrected chi connectivity index (χ2v) is 6.31. The van der Waals surface area contributed by atoms with Crippen molar-refractivity contribution in [3.05, 3.63) is 54.6 Å². The van der Waals surface area contributed by atoms with E-state index in [1.54, 1.807) is 43.1 Å². The first-order chi connectivity index (χ1) is 12.8. The van der Waals surface area contributed by atoms with Gasteiger partial charge >= 0.3 is 0 Å². The molecule has 0 aromatic carbocycles. The lowest BCUT2D eigenvalue weighted by molar-refractivity contribution is 0.0667. The van der Waals surface area contributed by atoms with Crippen LogP contribution in [0.2, 0.25) is 0 Å². The van der Waals surface area contributed by atoms with Gasteiger partial charge in [-0.15, -0.1) is 0 Å². The highest BCUT2D eigenvalue weighted by Gasteiger charge is 2.26. The summed E-state index contributed by atoms with van der Waals surface area (Å²) < 4.78 is 5.36. The largest absolute Gasteiger partial charge is 0.339 e. The monoisotopic (exact) mass is 350 g/mol. The molecule has 0 saturated carbocycles. The molecule has 8 nitrogen and oxygen atoms in total. The van der Waals surface area contributed by atoms with Crippen molar-refractivity contribution in [1.82, 2.24) is 30.0 Å². The minimum Gasteiger partial charge on any atom is -0.339 e. The molecule has 26 heavy (non-hydrogen) atoms. The van der Waals surface area contributed by atoms with E-state index in [9.17, 15) is 4.79 Å². The van der Waals surface area contributed by atoms with Gasteiger partial charge in [0.05, 0.1) is 11.8 Å². The summed E-state index contributed by atoms with van der Waals surface area (Å²) in [6.45, 7) is 1.44. The summed E-state index contributed by atoms with van der Waals surface area (Å²) in [5.41, 5.74) is 1.20. The molecule has 3 aromatic rings. The minimum atomic E-state index is 0.0218. The molecule has 4 rings (SSSR count). The number of piperidine rings is 1. The fourth-order valence-electron chi connectivity index (χ4n) is 3.19. The molecule has 1 aliphatic rings. The Balaban J connectivity index is 1.41. The van der Waals surface area contributed by atoms with Gasteiger partial charge in [-0.25, -0.2) is 4.98 Å². The van der Waals surface area contributed by atoms with Gasteiger partial charge in [0.15, 0.2) is 0 Å². The average molecular weight is 350 g/mol. The van der Waals surface area contributed by atoms with Crippen LogP contribution < -0.4 is 0 Å². The third kappa shape index (κ3) is 3.58. The van der Waals surface area contributed by atoms with Crippen molar-refractivity contribution in [2.75, 3.05) is 13.1 Å². The van der Waals surface area contributed by atoms with Crippen LogP contribution in [0.15, 0.2) is 47.6 Å². The second kappa shape index (κ2) is 7.38. The van der Waals surface area contributed by atoms with E-state index < -0.39 is 0 Å². The van der Waals surface area contributed by atoms with E-state index in [2.05, 4.69) is 25.1 Å². The first-order valence-corrected chi connectivity index (χ1v) is 8.58. The maximum absolute atomic E-state index is 12.6. The van der Waals surface area contributed by atoms with Gasteiger partial charge in [-0.1, -0.05) is 5.16 Å². The summed E-state index contributed by atoms with van der Waals surface area (Å²) in [6.07, 6.45) is 10.7. The van der Waals surface area contributed by atoms with Gasteiger partial charge in [0.2, 0.25) is 11.7 Å². The van der Waals surface area contributed by atoms with E-state index in [0.29, 0.717) is 41.9 Å². The van der Waals surface area contributed by atoms with Gasteiger partial charge in [0.1, 0.15) is 5.69 Å². The number of hydrogen-bond donors (Lipinski definition) is 0. The smallest absolute Gasteiger partial charge is 0.255 e. The minimum absolute atomic E-state index is 0.0218. The molecular weight excluding hydrogens is 332 g/mol. The van der Waals surface area contributed by atoms with Crippen molar-refractivity contribution in [2.24, 2.45) is 5.92 Å². The van der Waals surface area contributed by atoms with Crippen LogP contribution in [0.4, 0.5) is 0 Å². The van der Waals surface area contributed by atoms with Crippen LogP contribution in [-0.4, -0.2) is 49.0 Å². The first-order valence-electron chi connectivity index (χ1n) is 8.58. The van der Waals surface area contributed by atoms with Crippen LogP contribution in [0.3, 0.4) is 0 Å². The summed E-state index contributed by atoms with van der Waals surface area (Å²) in [7, 11) is 0. The van der Waals surface area contributed by atoms with E-state index in [4.69, 9.17) is 4.52 Å². The van der Waals surface area contributed by atoms with E-state index >= 15 is 0 Å². The number of amides is 1. The molecule has 1 amide bonds. The fourth-order valence-corrected chi connectivity index (χ4v) is 3.19. The number of carbonyl (C=O) groups excluding carboxylic acids is 1. The highest BCUT2D eigenvalue weighted by Crippen LogP contribution is 2.22. The number of carbonyl (C=O) groups is 1. The summed E-state index contributed by atoms with van der Waals surface area (Å²) in [4.78, 5) is 31.1. The molecular formula is C18H18N6O2. The van der Waals surface area contributed by atoms with E-state index in [-0.39, 0.29) is 5.91 Å². The molecule has 1 unspecified atom stereocenters. The van der Waals surface area contributed by atoms with E-state index in [1.807, 2.05) is 4.90 Å². The highest BCUT2D eigenvalue weighted by atomic mass is 16.5. The van der Waals surface area contributed by atoms with Gasteiger partial charge < -0.3 is 9.42 Å². The summed E-state index contributed by atoms with van der Waals surface area (Å²) >= 11 is 0. The number of nitrogens with zero attached hydrogens (tertiary/aromatic N) is 6. The standard InChI is InChI=1S/C18H18N6O2/c25-18(14-4-1-5-19-10-14)24-8-2-3-13(12-24)9-16-22-17(23-26-16)15-11-20-6-7-21-15/h1,4-7,10-11,13H,2-3,8-9,12H2. The molecule has 0 bridgehead atoms. The van der Waals surface area contributed by atoms with Crippen molar-refractivity contribution in [3.8, 4) is 11.5 Å². The zero-order valence-corrected chi connectivity index (χ0v) is 14.2. The quantitative estimate of drug-likeness (QED) is 0.710. The number of hydrogen-bond acceptors (Lipinski definition) is 7. The van der Waals surface area contributed by atoms with Crippen LogP contribution in [0.5, 0.6) is 0 Å². The average Bonchev–Trinajstić information content (AvgIpc) is 3.17. The third-order valence-electron chi connectivity index (χ3n) is 4.44. The van der Waals surface area contributed by atoms with Crippen LogP contribution in [0.25, 0.3) is 11.5 Å². The lowest BCUT2D eigenvalue weighted by Gasteiger charge is -2.32. The van der Waals surface area contributed by atoms with Gasteiger partial charge in [0.25, 0.3) is 5.91 Å². The summed E-state index contributed by atoms with van der Waals surface area (Å²) in [6, 6.07) is 3.57. The molecule has 0 spiro atoms. The maximum Gasteiger partial charge on any atom is 0.255 e. The third-order valence-corrected chi connectivity index (χ3v) is 4.44. The number of likely N-dealkylation sites (tertiary alicyclic amines) is 1. The van der Waals surface area contributed by atoms with Crippen LogP contribution in [0.1, 0.15) is 29.1 Å². The number of rotatable bonds is 4.